The highest BCUT2D eigenvalue weighted by Crippen LogP contribution is 2.33. The zero-order valence-corrected chi connectivity index (χ0v) is 18.3. The van der Waals surface area contributed by atoms with Gasteiger partial charge in [-0.25, -0.2) is 0 Å². The summed E-state index contributed by atoms with van der Waals surface area (Å²) in [6.07, 6.45) is 17.8. The van der Waals surface area contributed by atoms with E-state index in [0.717, 1.165) is 48.1 Å². The maximum Gasteiger partial charge on any atom is 0.123 e. The van der Waals surface area contributed by atoms with Crippen LogP contribution in [0.15, 0.2) is 60.7 Å². The standard InChI is InChI=1S/C27H36O2/c1-4-6-8-10-12-14-22-16-18-26(28)25(20-22)23-17-19-27(29-3)24(21-23)15-13-11-9-7-5-2/h10-13,16-21,28H,4-9,14-15H2,1-3H3. The number of aromatic hydroxyl groups is 1. The quantitative estimate of drug-likeness (QED) is 0.297. The van der Waals surface area contributed by atoms with Crippen LogP contribution in [0.2, 0.25) is 0 Å². The van der Waals surface area contributed by atoms with Crippen LogP contribution in [-0.2, 0) is 12.8 Å². The first-order chi connectivity index (χ1) is 14.2. The molecule has 2 nitrogen and oxygen atoms in total. The molecule has 2 heteroatoms. The molecule has 1 N–H and O–H groups in total. The van der Waals surface area contributed by atoms with E-state index in [0.29, 0.717) is 5.75 Å². The predicted octanol–water partition coefficient (Wildman–Crippen LogP) is 7.65. The Balaban J connectivity index is 2.19. The third kappa shape index (κ3) is 7.45. The zero-order valence-electron chi connectivity index (χ0n) is 18.3. The highest BCUT2D eigenvalue weighted by Gasteiger charge is 2.09. The topological polar surface area (TPSA) is 29.5 Å². The average Bonchev–Trinajstić information content (AvgIpc) is 2.74. The Labute approximate surface area is 176 Å². The van der Waals surface area contributed by atoms with Crippen molar-refractivity contribution < 1.29 is 9.84 Å². The third-order valence-corrected chi connectivity index (χ3v) is 5.13. The zero-order chi connectivity index (χ0) is 20.9. The SMILES string of the molecule is CCCCC=CCc1ccc(O)c(-c2ccc(OC)c(CC=CCCCC)c2)c1. The Bertz CT molecular complexity index is 802. The summed E-state index contributed by atoms with van der Waals surface area (Å²) in [7, 11) is 1.71. The fourth-order valence-electron chi connectivity index (χ4n) is 3.36. The van der Waals surface area contributed by atoms with Crippen LogP contribution in [0.1, 0.15) is 63.5 Å². The van der Waals surface area contributed by atoms with Gasteiger partial charge in [-0.1, -0.05) is 76.0 Å². The van der Waals surface area contributed by atoms with Crippen LogP contribution in [0, 0.1) is 0 Å². The highest BCUT2D eigenvalue weighted by atomic mass is 16.5. The number of hydrogen-bond donors (Lipinski definition) is 1. The summed E-state index contributed by atoms with van der Waals surface area (Å²) < 4.78 is 5.55. The van der Waals surface area contributed by atoms with Crippen LogP contribution in [-0.4, -0.2) is 12.2 Å². The number of phenolic OH excluding ortho intramolecular Hbond substituents is 1. The van der Waals surface area contributed by atoms with E-state index in [1.807, 2.05) is 18.2 Å². The first-order valence-electron chi connectivity index (χ1n) is 11.0. The number of unbranched alkanes of at least 4 members (excludes halogenated alkanes) is 4. The fraction of sp³-hybridized carbons (Fsp3) is 0.407. The summed E-state index contributed by atoms with van der Waals surface area (Å²) in [5, 5.41) is 10.5. The minimum Gasteiger partial charge on any atom is -0.507 e. The van der Waals surface area contributed by atoms with E-state index < -0.39 is 0 Å². The van der Waals surface area contributed by atoms with Crippen molar-refractivity contribution in [3.8, 4) is 22.6 Å². The third-order valence-electron chi connectivity index (χ3n) is 5.13. The molecule has 156 valence electrons. The van der Waals surface area contributed by atoms with E-state index in [-0.39, 0.29) is 0 Å². The molecule has 0 atom stereocenters. The molecule has 0 heterocycles. The number of allylic oxidation sites excluding steroid dienone is 4. The summed E-state index contributed by atoms with van der Waals surface area (Å²) in [6, 6.07) is 12.1. The smallest absolute Gasteiger partial charge is 0.123 e. The number of ether oxygens (including phenoxy) is 1. The van der Waals surface area contributed by atoms with Gasteiger partial charge in [0.25, 0.3) is 0 Å². The van der Waals surface area contributed by atoms with Gasteiger partial charge in [-0.3, -0.25) is 0 Å². The number of methoxy groups -OCH3 is 1. The van der Waals surface area contributed by atoms with Gasteiger partial charge in [-0.2, -0.15) is 0 Å². The average molecular weight is 393 g/mol. The molecule has 0 aliphatic carbocycles. The second-order valence-electron chi connectivity index (χ2n) is 7.51. The van der Waals surface area contributed by atoms with Gasteiger partial charge in [-0.15, -0.1) is 0 Å². The van der Waals surface area contributed by atoms with Crippen molar-refractivity contribution >= 4 is 0 Å². The van der Waals surface area contributed by atoms with E-state index in [4.69, 9.17) is 4.74 Å². The molecule has 0 aliphatic heterocycles. The van der Waals surface area contributed by atoms with Crippen molar-refractivity contribution in [2.45, 2.75) is 65.2 Å². The minimum atomic E-state index is 0.318. The number of phenols is 1. The Morgan fingerprint density at radius 3 is 2.17 bits per heavy atom. The molecule has 0 aromatic heterocycles. The van der Waals surface area contributed by atoms with Crippen LogP contribution < -0.4 is 4.74 Å². The predicted molar refractivity (Wildman–Crippen MR) is 125 cm³/mol. The molecule has 0 amide bonds. The Kier molecular flexibility index (Phi) is 10.1. The number of benzene rings is 2. The van der Waals surface area contributed by atoms with Crippen molar-refractivity contribution in [2.24, 2.45) is 0 Å². The van der Waals surface area contributed by atoms with E-state index in [1.54, 1.807) is 13.2 Å². The highest BCUT2D eigenvalue weighted by molar-refractivity contribution is 5.72. The molecule has 0 bridgehead atoms. The van der Waals surface area contributed by atoms with Crippen LogP contribution in [0.4, 0.5) is 0 Å². The van der Waals surface area contributed by atoms with Gasteiger partial charge in [-0.05, 0) is 66.6 Å². The summed E-state index contributed by atoms with van der Waals surface area (Å²) in [6.45, 7) is 4.42. The second kappa shape index (κ2) is 12.9. The summed E-state index contributed by atoms with van der Waals surface area (Å²) in [4.78, 5) is 0. The molecule has 0 saturated carbocycles. The van der Waals surface area contributed by atoms with Gasteiger partial charge >= 0.3 is 0 Å². The molecule has 0 radical (unpaired) electrons. The van der Waals surface area contributed by atoms with Crippen LogP contribution in [0.3, 0.4) is 0 Å². The fourth-order valence-corrected chi connectivity index (χ4v) is 3.36. The largest absolute Gasteiger partial charge is 0.507 e. The van der Waals surface area contributed by atoms with Crippen molar-refractivity contribution in [3.05, 3.63) is 71.8 Å². The molecule has 0 spiro atoms. The van der Waals surface area contributed by atoms with Gasteiger partial charge in [0.15, 0.2) is 0 Å². The van der Waals surface area contributed by atoms with Gasteiger partial charge in [0.05, 0.1) is 7.11 Å². The molecule has 2 aromatic carbocycles. The first-order valence-corrected chi connectivity index (χ1v) is 11.0. The maximum absolute atomic E-state index is 10.5. The Morgan fingerprint density at radius 1 is 0.828 bits per heavy atom. The second-order valence-corrected chi connectivity index (χ2v) is 7.51. The van der Waals surface area contributed by atoms with E-state index >= 15 is 0 Å². The Morgan fingerprint density at radius 2 is 1.52 bits per heavy atom. The molecular weight excluding hydrogens is 356 g/mol. The first kappa shape index (κ1) is 22.8. The lowest BCUT2D eigenvalue weighted by Gasteiger charge is -2.12. The summed E-state index contributed by atoms with van der Waals surface area (Å²) in [5.74, 6) is 1.21. The van der Waals surface area contributed by atoms with Crippen molar-refractivity contribution in [1.29, 1.82) is 0 Å². The lowest BCUT2D eigenvalue weighted by Crippen LogP contribution is -1.93. The molecule has 29 heavy (non-hydrogen) atoms. The lowest BCUT2D eigenvalue weighted by molar-refractivity contribution is 0.411. The summed E-state index contributed by atoms with van der Waals surface area (Å²) in [5.41, 5.74) is 4.25. The van der Waals surface area contributed by atoms with Gasteiger partial charge < -0.3 is 9.84 Å². The van der Waals surface area contributed by atoms with Gasteiger partial charge in [0.2, 0.25) is 0 Å². The summed E-state index contributed by atoms with van der Waals surface area (Å²) >= 11 is 0. The Hall–Kier alpha value is -2.48. The van der Waals surface area contributed by atoms with Crippen LogP contribution in [0.5, 0.6) is 11.5 Å². The van der Waals surface area contributed by atoms with E-state index in [2.05, 4.69) is 50.3 Å². The monoisotopic (exact) mass is 392 g/mol. The molecule has 0 saturated heterocycles. The normalized spacial score (nSPS) is 11.6. The van der Waals surface area contributed by atoms with Gasteiger partial charge in [0.1, 0.15) is 11.5 Å². The molecule has 0 aliphatic rings. The van der Waals surface area contributed by atoms with Crippen molar-refractivity contribution in [2.75, 3.05) is 7.11 Å². The minimum absolute atomic E-state index is 0.318. The van der Waals surface area contributed by atoms with Crippen molar-refractivity contribution in [3.63, 3.8) is 0 Å². The molecule has 2 aromatic rings. The molecule has 0 fully saturated rings. The van der Waals surface area contributed by atoms with Gasteiger partial charge in [0, 0.05) is 5.56 Å². The number of hydrogen-bond acceptors (Lipinski definition) is 2. The lowest BCUT2D eigenvalue weighted by atomic mass is 9.97. The van der Waals surface area contributed by atoms with Crippen LogP contribution in [0.25, 0.3) is 11.1 Å². The molecule has 2 rings (SSSR count). The van der Waals surface area contributed by atoms with Crippen molar-refractivity contribution in [1.82, 2.24) is 0 Å². The molecular formula is C27H36O2. The van der Waals surface area contributed by atoms with Crippen LogP contribution >= 0.6 is 0 Å². The maximum atomic E-state index is 10.5. The van der Waals surface area contributed by atoms with E-state index in [1.165, 1.54) is 31.2 Å². The number of rotatable bonds is 12. The van der Waals surface area contributed by atoms with E-state index in [9.17, 15) is 5.11 Å². The molecule has 0 unspecified atom stereocenters.